The minimum absolute atomic E-state index is 0.0536. The summed E-state index contributed by atoms with van der Waals surface area (Å²) in [4.78, 5) is 43.2. The van der Waals surface area contributed by atoms with E-state index in [0.717, 1.165) is 29.7 Å². The average molecular weight is 433 g/mol. The molecule has 4 amide bonds. The molecule has 9 heteroatoms. The zero-order valence-electron chi connectivity index (χ0n) is 15.9. The molecule has 29 heavy (non-hydrogen) atoms. The van der Waals surface area contributed by atoms with Crippen LogP contribution in [0.2, 0.25) is 5.02 Å². The maximum Gasteiger partial charge on any atom is 0.325 e. The van der Waals surface area contributed by atoms with Crippen molar-refractivity contribution in [3.63, 3.8) is 0 Å². The van der Waals surface area contributed by atoms with Crippen LogP contribution >= 0.6 is 22.9 Å². The molecule has 1 saturated carbocycles. The van der Waals surface area contributed by atoms with Crippen molar-refractivity contribution in [3.05, 3.63) is 34.7 Å². The minimum Gasteiger partial charge on any atom is -0.323 e. The summed E-state index contributed by atoms with van der Waals surface area (Å²) in [6.07, 6.45) is 3.44. The van der Waals surface area contributed by atoms with E-state index in [-0.39, 0.29) is 18.4 Å². The molecule has 1 aliphatic heterocycles. The molecule has 2 aromatic rings. The standard InChI is InChI=1S/C20H21ClN4O3S/c1-12-6-4-5-9-20(12)17(27)25(19(28)24-20)10-16(26)23-18-22-15(11-29-18)13-7-2-3-8-14(13)21/h2-3,7-8,11-12H,4-6,9-10H2,1H3,(H,24,28)(H,22,23,26). The fraction of sp³-hybridized carbons (Fsp3) is 0.400. The van der Waals surface area contributed by atoms with Crippen molar-refractivity contribution < 1.29 is 14.4 Å². The number of halogens is 1. The maximum absolute atomic E-state index is 13.0. The Balaban J connectivity index is 1.43. The lowest BCUT2D eigenvalue weighted by molar-refractivity contribution is -0.136. The van der Waals surface area contributed by atoms with Crippen molar-refractivity contribution in [1.29, 1.82) is 0 Å². The van der Waals surface area contributed by atoms with E-state index in [9.17, 15) is 14.4 Å². The molecule has 1 saturated heterocycles. The van der Waals surface area contributed by atoms with Crippen LogP contribution in [-0.2, 0) is 9.59 Å². The lowest BCUT2D eigenvalue weighted by atomic mass is 9.73. The molecule has 2 N–H and O–H groups in total. The van der Waals surface area contributed by atoms with Gasteiger partial charge in [0.05, 0.1) is 5.69 Å². The number of carbonyl (C=O) groups excluding carboxylic acids is 3. The molecule has 7 nitrogen and oxygen atoms in total. The van der Waals surface area contributed by atoms with Crippen LogP contribution in [0.4, 0.5) is 9.93 Å². The molecule has 152 valence electrons. The van der Waals surface area contributed by atoms with Gasteiger partial charge in [-0.2, -0.15) is 0 Å². The van der Waals surface area contributed by atoms with Gasteiger partial charge in [-0.05, 0) is 24.8 Å². The fourth-order valence-corrected chi connectivity index (χ4v) is 5.02. The normalized spacial score (nSPS) is 24.1. The number of carbonyl (C=O) groups is 3. The van der Waals surface area contributed by atoms with Crippen LogP contribution < -0.4 is 10.6 Å². The highest BCUT2D eigenvalue weighted by Crippen LogP contribution is 2.38. The van der Waals surface area contributed by atoms with E-state index >= 15 is 0 Å². The first kappa shape index (κ1) is 19.8. The first-order chi connectivity index (χ1) is 13.9. The lowest BCUT2D eigenvalue weighted by Gasteiger charge is -2.36. The van der Waals surface area contributed by atoms with Gasteiger partial charge in [0.15, 0.2) is 5.13 Å². The Morgan fingerprint density at radius 2 is 2.17 bits per heavy atom. The highest BCUT2D eigenvalue weighted by Gasteiger charge is 2.55. The van der Waals surface area contributed by atoms with Crippen molar-refractivity contribution >= 4 is 45.9 Å². The number of imide groups is 1. The smallest absolute Gasteiger partial charge is 0.323 e. The van der Waals surface area contributed by atoms with Gasteiger partial charge in [-0.3, -0.25) is 14.5 Å². The first-order valence-electron chi connectivity index (χ1n) is 9.55. The van der Waals surface area contributed by atoms with Gasteiger partial charge in [0, 0.05) is 16.0 Å². The Morgan fingerprint density at radius 1 is 1.38 bits per heavy atom. The lowest BCUT2D eigenvalue weighted by Crippen LogP contribution is -2.54. The zero-order valence-corrected chi connectivity index (χ0v) is 17.5. The largest absolute Gasteiger partial charge is 0.325 e. The van der Waals surface area contributed by atoms with Gasteiger partial charge >= 0.3 is 6.03 Å². The number of aromatic nitrogens is 1. The van der Waals surface area contributed by atoms with E-state index < -0.39 is 17.5 Å². The molecule has 1 aliphatic carbocycles. The minimum atomic E-state index is -0.867. The number of benzene rings is 1. The summed E-state index contributed by atoms with van der Waals surface area (Å²) < 4.78 is 0. The SMILES string of the molecule is CC1CCCCC12NC(=O)N(CC(=O)Nc1nc(-c3ccccc3Cl)cs1)C2=O. The van der Waals surface area contributed by atoms with Crippen molar-refractivity contribution in [3.8, 4) is 11.3 Å². The van der Waals surface area contributed by atoms with Gasteiger partial charge < -0.3 is 10.6 Å². The molecule has 1 spiro atoms. The number of anilines is 1. The molecule has 2 aliphatic rings. The van der Waals surface area contributed by atoms with Gasteiger partial charge in [0.1, 0.15) is 12.1 Å². The molecule has 2 heterocycles. The van der Waals surface area contributed by atoms with Crippen molar-refractivity contribution in [2.75, 3.05) is 11.9 Å². The number of nitrogens with zero attached hydrogens (tertiary/aromatic N) is 2. The predicted molar refractivity (Wildman–Crippen MR) is 112 cm³/mol. The summed E-state index contributed by atoms with van der Waals surface area (Å²) in [5.74, 6) is -0.715. The van der Waals surface area contributed by atoms with Gasteiger partial charge in [-0.15, -0.1) is 11.3 Å². The van der Waals surface area contributed by atoms with Crippen molar-refractivity contribution in [2.45, 2.75) is 38.1 Å². The number of hydrogen-bond donors (Lipinski definition) is 2. The fourth-order valence-electron chi connectivity index (χ4n) is 4.07. The van der Waals surface area contributed by atoms with Crippen LogP contribution in [0.5, 0.6) is 0 Å². The summed E-state index contributed by atoms with van der Waals surface area (Å²) in [6.45, 7) is 1.65. The molecule has 1 aromatic carbocycles. The second-order valence-corrected chi connectivity index (χ2v) is 8.77. The number of thiazole rings is 1. The maximum atomic E-state index is 13.0. The number of hydrogen-bond acceptors (Lipinski definition) is 5. The molecule has 2 fully saturated rings. The van der Waals surface area contributed by atoms with Crippen LogP contribution in [0.1, 0.15) is 32.6 Å². The van der Waals surface area contributed by atoms with Crippen molar-refractivity contribution in [1.82, 2.24) is 15.2 Å². The molecular weight excluding hydrogens is 412 g/mol. The summed E-state index contributed by atoms with van der Waals surface area (Å²) in [5.41, 5.74) is 0.558. The number of rotatable bonds is 4. The third-order valence-corrected chi connectivity index (χ3v) is 6.79. The molecular formula is C20H21ClN4O3S. The highest BCUT2D eigenvalue weighted by atomic mass is 35.5. The van der Waals surface area contributed by atoms with Crippen LogP contribution in [0.15, 0.2) is 29.6 Å². The second kappa shape index (κ2) is 7.76. The summed E-state index contributed by atoms with van der Waals surface area (Å²) in [6, 6.07) is 6.81. The molecule has 2 atom stereocenters. The summed E-state index contributed by atoms with van der Waals surface area (Å²) >= 11 is 7.45. The number of urea groups is 1. The predicted octanol–water partition coefficient (Wildman–Crippen LogP) is 3.90. The van der Waals surface area contributed by atoms with Gasteiger partial charge in [0.25, 0.3) is 5.91 Å². The molecule has 2 unspecified atom stereocenters. The van der Waals surface area contributed by atoms with Crippen LogP contribution in [-0.4, -0.2) is 39.8 Å². The highest BCUT2D eigenvalue weighted by molar-refractivity contribution is 7.14. The number of amides is 4. The van der Waals surface area contributed by atoms with E-state index in [0.29, 0.717) is 22.3 Å². The third-order valence-electron chi connectivity index (χ3n) is 5.70. The van der Waals surface area contributed by atoms with Crippen LogP contribution in [0, 0.1) is 5.92 Å². The van der Waals surface area contributed by atoms with E-state index in [4.69, 9.17) is 11.6 Å². The first-order valence-corrected chi connectivity index (χ1v) is 10.8. The third kappa shape index (κ3) is 3.62. The van der Waals surface area contributed by atoms with E-state index in [2.05, 4.69) is 15.6 Å². The van der Waals surface area contributed by atoms with E-state index in [1.54, 1.807) is 11.4 Å². The Kier molecular flexibility index (Phi) is 5.31. The Bertz CT molecular complexity index is 978. The second-order valence-electron chi connectivity index (χ2n) is 7.51. The monoisotopic (exact) mass is 432 g/mol. The van der Waals surface area contributed by atoms with E-state index in [1.807, 2.05) is 25.1 Å². The van der Waals surface area contributed by atoms with E-state index in [1.165, 1.54) is 11.3 Å². The molecule has 0 bridgehead atoms. The molecule has 1 aromatic heterocycles. The zero-order chi connectivity index (χ0) is 20.6. The van der Waals surface area contributed by atoms with Gasteiger partial charge in [0.2, 0.25) is 5.91 Å². The summed E-state index contributed by atoms with van der Waals surface area (Å²) in [5, 5.41) is 8.28. The Labute approximate surface area is 177 Å². The van der Waals surface area contributed by atoms with Crippen LogP contribution in [0.3, 0.4) is 0 Å². The average Bonchev–Trinajstić information content (AvgIpc) is 3.24. The Hall–Kier alpha value is -2.45. The summed E-state index contributed by atoms with van der Waals surface area (Å²) in [7, 11) is 0. The molecule has 0 radical (unpaired) electrons. The van der Waals surface area contributed by atoms with Crippen LogP contribution in [0.25, 0.3) is 11.3 Å². The molecule has 4 rings (SSSR count). The van der Waals surface area contributed by atoms with Gasteiger partial charge in [-0.1, -0.05) is 49.6 Å². The van der Waals surface area contributed by atoms with Gasteiger partial charge in [-0.25, -0.2) is 9.78 Å². The number of nitrogens with one attached hydrogen (secondary N) is 2. The quantitative estimate of drug-likeness (QED) is 0.716. The topological polar surface area (TPSA) is 91.4 Å². The Morgan fingerprint density at radius 3 is 2.93 bits per heavy atom. The van der Waals surface area contributed by atoms with Crippen molar-refractivity contribution in [2.24, 2.45) is 5.92 Å².